The molecule has 0 saturated carbocycles. The fourth-order valence-electron chi connectivity index (χ4n) is 2.30. The van der Waals surface area contributed by atoms with Crippen molar-refractivity contribution in [2.75, 3.05) is 0 Å². The lowest BCUT2D eigenvalue weighted by molar-refractivity contribution is -0.384. The van der Waals surface area contributed by atoms with Crippen LogP contribution >= 0.6 is 11.8 Å². The maximum atomic E-state index is 11.6. The zero-order valence-electron chi connectivity index (χ0n) is 12.9. The topological polar surface area (TPSA) is 109 Å². The van der Waals surface area contributed by atoms with Gasteiger partial charge >= 0.3 is 0 Å². The average Bonchev–Trinajstić information content (AvgIpc) is 3.08. The quantitative estimate of drug-likeness (QED) is 0.502. The van der Waals surface area contributed by atoms with Gasteiger partial charge in [-0.2, -0.15) is 0 Å². The second-order valence-corrected chi connectivity index (χ2v) is 6.36. The molecule has 0 aliphatic carbocycles. The molecule has 2 aromatic rings. The summed E-state index contributed by atoms with van der Waals surface area (Å²) < 4.78 is 5.66. The molecule has 1 amide bonds. The van der Waals surface area contributed by atoms with Gasteiger partial charge in [-0.3, -0.25) is 20.3 Å². The van der Waals surface area contributed by atoms with Crippen LogP contribution in [0.1, 0.15) is 16.9 Å². The lowest BCUT2D eigenvalue weighted by Crippen LogP contribution is -2.18. The largest absolute Gasteiger partial charge is 0.456 e. The molecule has 1 aromatic carbocycles. The van der Waals surface area contributed by atoms with Crippen LogP contribution in [0.5, 0.6) is 0 Å². The van der Waals surface area contributed by atoms with Crippen molar-refractivity contribution in [2.24, 2.45) is 0 Å². The molecule has 1 fully saturated rings. The minimum Gasteiger partial charge on any atom is -0.456 e. The van der Waals surface area contributed by atoms with Crippen LogP contribution in [-0.2, 0) is 4.79 Å². The van der Waals surface area contributed by atoms with Crippen molar-refractivity contribution in [1.82, 2.24) is 5.32 Å². The maximum absolute atomic E-state index is 11.6. The Balaban J connectivity index is 2.01. The van der Waals surface area contributed by atoms with Crippen molar-refractivity contribution in [2.45, 2.75) is 13.8 Å². The van der Waals surface area contributed by atoms with Crippen molar-refractivity contribution in [1.29, 1.82) is 5.41 Å². The number of thioether (sulfide) groups is 1. The molecule has 24 heavy (non-hydrogen) atoms. The fraction of sp³-hybridized carbons (Fsp3) is 0.125. The molecule has 0 unspecified atom stereocenters. The van der Waals surface area contributed by atoms with Gasteiger partial charge in [-0.15, -0.1) is 0 Å². The van der Waals surface area contributed by atoms with Gasteiger partial charge in [-0.05, 0) is 54.9 Å². The molecule has 2 heterocycles. The number of nitro groups is 1. The highest BCUT2D eigenvalue weighted by Crippen LogP contribution is 2.34. The summed E-state index contributed by atoms with van der Waals surface area (Å²) >= 11 is 1.00. The Hall–Kier alpha value is -2.87. The zero-order chi connectivity index (χ0) is 17.4. The Morgan fingerprint density at radius 3 is 2.62 bits per heavy atom. The summed E-state index contributed by atoms with van der Waals surface area (Å²) in [7, 11) is 0. The molecule has 8 heteroatoms. The first kappa shape index (κ1) is 16.0. The molecule has 1 aliphatic heterocycles. The number of amidine groups is 1. The molecular weight excluding hydrogens is 330 g/mol. The fourth-order valence-corrected chi connectivity index (χ4v) is 2.98. The van der Waals surface area contributed by atoms with Crippen molar-refractivity contribution in [3.63, 3.8) is 0 Å². The molecule has 0 atom stereocenters. The van der Waals surface area contributed by atoms with E-state index in [4.69, 9.17) is 9.83 Å². The van der Waals surface area contributed by atoms with Crippen molar-refractivity contribution in [3.05, 3.63) is 56.2 Å². The Bertz CT molecular complexity index is 914. The van der Waals surface area contributed by atoms with Gasteiger partial charge in [0.15, 0.2) is 5.17 Å². The van der Waals surface area contributed by atoms with Crippen molar-refractivity contribution in [3.8, 4) is 11.3 Å². The number of aryl methyl sites for hydroxylation is 2. The number of carbonyl (C=O) groups excluding carboxylic acids is 1. The van der Waals surface area contributed by atoms with E-state index in [1.807, 2.05) is 13.8 Å². The number of hydrogen-bond donors (Lipinski definition) is 2. The molecule has 3 rings (SSSR count). The summed E-state index contributed by atoms with van der Waals surface area (Å²) in [6, 6.07) is 6.51. The van der Waals surface area contributed by atoms with Gasteiger partial charge in [0.1, 0.15) is 11.5 Å². The van der Waals surface area contributed by atoms with Gasteiger partial charge in [-0.25, -0.2) is 0 Å². The van der Waals surface area contributed by atoms with Crippen LogP contribution < -0.4 is 5.32 Å². The van der Waals surface area contributed by atoms with Gasteiger partial charge in [0.2, 0.25) is 0 Å². The third-order valence-electron chi connectivity index (χ3n) is 3.64. The van der Waals surface area contributed by atoms with Crippen LogP contribution in [0, 0.1) is 29.4 Å². The second kappa shape index (κ2) is 5.97. The molecule has 122 valence electrons. The zero-order valence-corrected chi connectivity index (χ0v) is 13.7. The van der Waals surface area contributed by atoms with Crippen molar-refractivity contribution < 1.29 is 14.1 Å². The van der Waals surface area contributed by atoms with E-state index in [2.05, 4.69) is 5.32 Å². The molecule has 7 nitrogen and oxygen atoms in total. The Labute approximate surface area is 141 Å². The molecular formula is C16H13N3O4S. The summed E-state index contributed by atoms with van der Waals surface area (Å²) in [5, 5.41) is 21.1. The highest BCUT2D eigenvalue weighted by Gasteiger charge is 2.23. The number of furan rings is 1. The summed E-state index contributed by atoms with van der Waals surface area (Å²) in [5.41, 5.74) is 2.12. The summed E-state index contributed by atoms with van der Waals surface area (Å²) in [4.78, 5) is 22.8. The van der Waals surface area contributed by atoms with Crippen LogP contribution in [0.2, 0.25) is 0 Å². The summed E-state index contributed by atoms with van der Waals surface area (Å²) in [6.45, 7) is 3.69. The van der Waals surface area contributed by atoms with Gasteiger partial charge in [0.05, 0.1) is 15.4 Å². The standard InChI is InChI=1S/C16H13N3O4S/c1-8-5-11(12(19(21)22)6-9(8)2)13-4-3-10(23-13)7-14-15(20)18-16(17)24-14/h3-7H,1-2H3,(H2,17,18,20). The van der Waals surface area contributed by atoms with Crippen LogP contribution in [0.25, 0.3) is 17.4 Å². The first-order chi connectivity index (χ1) is 11.3. The smallest absolute Gasteiger partial charge is 0.280 e. The van der Waals surface area contributed by atoms with Gasteiger partial charge in [0, 0.05) is 12.1 Å². The predicted octanol–water partition coefficient (Wildman–Crippen LogP) is 3.61. The van der Waals surface area contributed by atoms with Crippen LogP contribution in [-0.4, -0.2) is 16.0 Å². The Morgan fingerprint density at radius 2 is 2.00 bits per heavy atom. The van der Waals surface area contributed by atoms with Gasteiger partial charge in [-0.1, -0.05) is 0 Å². The minimum atomic E-state index is -0.440. The Morgan fingerprint density at radius 1 is 1.29 bits per heavy atom. The summed E-state index contributed by atoms with van der Waals surface area (Å²) in [5.74, 6) is 0.389. The van der Waals surface area contributed by atoms with E-state index in [1.54, 1.807) is 18.2 Å². The second-order valence-electron chi connectivity index (χ2n) is 5.31. The number of benzene rings is 1. The number of amides is 1. The summed E-state index contributed by atoms with van der Waals surface area (Å²) in [6.07, 6.45) is 1.51. The lowest BCUT2D eigenvalue weighted by Gasteiger charge is -2.04. The van der Waals surface area contributed by atoms with Crippen LogP contribution in [0.4, 0.5) is 5.69 Å². The molecule has 0 spiro atoms. The normalized spacial score (nSPS) is 15.8. The van der Waals surface area contributed by atoms with Crippen molar-refractivity contribution >= 4 is 34.6 Å². The third-order valence-corrected chi connectivity index (χ3v) is 4.47. The number of nitro benzene ring substituents is 1. The maximum Gasteiger partial charge on any atom is 0.280 e. The highest BCUT2D eigenvalue weighted by molar-refractivity contribution is 8.18. The predicted molar refractivity (Wildman–Crippen MR) is 91.7 cm³/mol. The van der Waals surface area contributed by atoms with Crippen LogP contribution in [0.3, 0.4) is 0 Å². The van der Waals surface area contributed by atoms with Crippen LogP contribution in [0.15, 0.2) is 33.6 Å². The molecule has 2 N–H and O–H groups in total. The molecule has 0 radical (unpaired) electrons. The van der Waals surface area contributed by atoms with E-state index in [1.165, 1.54) is 12.1 Å². The van der Waals surface area contributed by atoms with E-state index in [-0.39, 0.29) is 16.8 Å². The molecule has 1 aliphatic rings. The lowest BCUT2D eigenvalue weighted by atomic mass is 10.0. The third kappa shape index (κ3) is 2.95. The highest BCUT2D eigenvalue weighted by atomic mass is 32.2. The molecule has 1 saturated heterocycles. The minimum absolute atomic E-state index is 0.0265. The average molecular weight is 343 g/mol. The van der Waals surface area contributed by atoms with E-state index in [0.717, 1.165) is 22.9 Å². The van der Waals surface area contributed by atoms with Gasteiger partial charge < -0.3 is 9.73 Å². The van der Waals surface area contributed by atoms with E-state index < -0.39 is 4.92 Å². The number of rotatable bonds is 3. The SMILES string of the molecule is Cc1cc(-c2ccc(C=C3SC(=N)NC3=O)o2)c([N+](=O)[O-])cc1C. The van der Waals surface area contributed by atoms with E-state index in [0.29, 0.717) is 22.0 Å². The first-order valence-electron chi connectivity index (χ1n) is 7.00. The van der Waals surface area contributed by atoms with E-state index >= 15 is 0 Å². The Kier molecular flexibility index (Phi) is 3.98. The first-order valence-corrected chi connectivity index (χ1v) is 7.82. The number of hydrogen-bond acceptors (Lipinski definition) is 6. The molecule has 0 bridgehead atoms. The number of carbonyl (C=O) groups is 1. The number of nitrogens with one attached hydrogen (secondary N) is 2. The van der Waals surface area contributed by atoms with Gasteiger partial charge in [0.25, 0.3) is 11.6 Å². The monoisotopic (exact) mass is 343 g/mol. The van der Waals surface area contributed by atoms with E-state index in [9.17, 15) is 14.9 Å². The number of nitrogens with zero attached hydrogens (tertiary/aromatic N) is 1. The molecule has 1 aromatic heterocycles.